The minimum atomic E-state index is -0.574. The number of hydrogen-bond donors (Lipinski definition) is 3. The molecule has 0 bridgehead atoms. The summed E-state index contributed by atoms with van der Waals surface area (Å²) < 4.78 is 0. The zero-order valence-corrected chi connectivity index (χ0v) is 15.6. The summed E-state index contributed by atoms with van der Waals surface area (Å²) in [5.41, 5.74) is 1.13. The number of carbonyl (C=O) groups is 2. The molecule has 0 saturated carbocycles. The minimum absolute atomic E-state index is 0.0270. The lowest BCUT2D eigenvalue weighted by molar-refractivity contribution is -0.131. The number of carbonyl (C=O) groups excluding carboxylic acids is 2. The van der Waals surface area contributed by atoms with E-state index in [0.29, 0.717) is 11.7 Å². The zero-order chi connectivity index (χ0) is 18.8. The molecular formula is C19H26N6O2. The molecule has 8 heteroatoms. The highest BCUT2D eigenvalue weighted by molar-refractivity contribution is 6.05. The van der Waals surface area contributed by atoms with Crippen LogP contribution >= 0.6 is 0 Å². The van der Waals surface area contributed by atoms with E-state index in [1.165, 1.54) is 0 Å². The SMILES string of the molecule is CC(NC(=O)c1n[nH]c2ccccc12)C(=O)N1CCC(N2CCNCC2)C1. The van der Waals surface area contributed by atoms with Crippen LogP contribution in [0.3, 0.4) is 0 Å². The van der Waals surface area contributed by atoms with Crippen molar-refractivity contribution in [2.45, 2.75) is 25.4 Å². The molecule has 2 fully saturated rings. The maximum Gasteiger partial charge on any atom is 0.273 e. The van der Waals surface area contributed by atoms with Crippen molar-refractivity contribution >= 4 is 22.7 Å². The van der Waals surface area contributed by atoms with E-state index in [2.05, 4.69) is 25.7 Å². The van der Waals surface area contributed by atoms with E-state index >= 15 is 0 Å². The van der Waals surface area contributed by atoms with Crippen LogP contribution in [0.1, 0.15) is 23.8 Å². The monoisotopic (exact) mass is 370 g/mol. The van der Waals surface area contributed by atoms with Crippen LogP contribution < -0.4 is 10.6 Å². The molecule has 2 aliphatic heterocycles. The molecule has 3 heterocycles. The van der Waals surface area contributed by atoms with Gasteiger partial charge in [-0.15, -0.1) is 0 Å². The van der Waals surface area contributed by atoms with Gasteiger partial charge in [0.05, 0.1) is 5.52 Å². The summed E-state index contributed by atoms with van der Waals surface area (Å²) >= 11 is 0. The lowest BCUT2D eigenvalue weighted by atomic mass is 10.2. The van der Waals surface area contributed by atoms with Gasteiger partial charge in [0.1, 0.15) is 6.04 Å². The molecule has 27 heavy (non-hydrogen) atoms. The number of aromatic amines is 1. The van der Waals surface area contributed by atoms with Gasteiger partial charge in [-0.05, 0) is 19.4 Å². The summed E-state index contributed by atoms with van der Waals surface area (Å²) in [4.78, 5) is 29.7. The second-order valence-electron chi connectivity index (χ2n) is 7.33. The van der Waals surface area contributed by atoms with Gasteiger partial charge < -0.3 is 15.5 Å². The fourth-order valence-electron chi connectivity index (χ4n) is 4.02. The highest BCUT2D eigenvalue weighted by Gasteiger charge is 2.33. The van der Waals surface area contributed by atoms with Crippen molar-refractivity contribution in [3.63, 3.8) is 0 Å². The highest BCUT2D eigenvalue weighted by Crippen LogP contribution is 2.18. The Morgan fingerprint density at radius 3 is 2.81 bits per heavy atom. The Morgan fingerprint density at radius 2 is 2.00 bits per heavy atom. The molecule has 1 aromatic heterocycles. The molecule has 0 spiro atoms. The van der Waals surface area contributed by atoms with Crippen molar-refractivity contribution in [2.24, 2.45) is 0 Å². The molecule has 2 unspecified atom stereocenters. The number of rotatable bonds is 4. The number of hydrogen-bond acceptors (Lipinski definition) is 5. The lowest BCUT2D eigenvalue weighted by Crippen LogP contribution is -2.50. The Kier molecular flexibility index (Phi) is 5.09. The maximum absolute atomic E-state index is 12.8. The van der Waals surface area contributed by atoms with Gasteiger partial charge in [0.25, 0.3) is 5.91 Å². The van der Waals surface area contributed by atoms with E-state index in [0.717, 1.165) is 56.6 Å². The molecule has 0 radical (unpaired) electrons. The molecular weight excluding hydrogens is 344 g/mol. The van der Waals surface area contributed by atoms with E-state index in [9.17, 15) is 9.59 Å². The van der Waals surface area contributed by atoms with Crippen molar-refractivity contribution in [3.8, 4) is 0 Å². The molecule has 2 atom stereocenters. The number of likely N-dealkylation sites (tertiary alicyclic amines) is 1. The number of benzene rings is 1. The highest BCUT2D eigenvalue weighted by atomic mass is 16.2. The van der Waals surface area contributed by atoms with Crippen molar-refractivity contribution in [1.82, 2.24) is 30.6 Å². The third kappa shape index (κ3) is 3.68. The largest absolute Gasteiger partial charge is 0.339 e. The van der Waals surface area contributed by atoms with Gasteiger partial charge in [-0.1, -0.05) is 18.2 Å². The van der Waals surface area contributed by atoms with Crippen molar-refractivity contribution < 1.29 is 9.59 Å². The van der Waals surface area contributed by atoms with E-state index in [-0.39, 0.29) is 11.8 Å². The van der Waals surface area contributed by atoms with Crippen molar-refractivity contribution in [2.75, 3.05) is 39.3 Å². The minimum Gasteiger partial charge on any atom is -0.339 e. The number of para-hydroxylation sites is 1. The first-order chi connectivity index (χ1) is 13.1. The predicted molar refractivity (Wildman–Crippen MR) is 102 cm³/mol. The van der Waals surface area contributed by atoms with E-state index < -0.39 is 6.04 Å². The van der Waals surface area contributed by atoms with Gasteiger partial charge in [0.2, 0.25) is 5.91 Å². The van der Waals surface area contributed by atoms with Gasteiger partial charge >= 0.3 is 0 Å². The molecule has 1 aromatic carbocycles. The zero-order valence-electron chi connectivity index (χ0n) is 15.6. The molecule has 2 aliphatic rings. The summed E-state index contributed by atoms with van der Waals surface area (Å²) in [6, 6.07) is 7.32. The second-order valence-corrected chi connectivity index (χ2v) is 7.33. The summed E-state index contributed by atoms with van der Waals surface area (Å²) in [5.74, 6) is -0.355. The molecule has 0 aliphatic carbocycles. The first-order valence-corrected chi connectivity index (χ1v) is 9.61. The Balaban J connectivity index is 1.36. The number of H-pyrrole nitrogens is 1. The smallest absolute Gasteiger partial charge is 0.273 e. The average Bonchev–Trinajstić information content (AvgIpc) is 3.35. The van der Waals surface area contributed by atoms with Crippen LogP contribution in [0, 0.1) is 0 Å². The molecule has 2 saturated heterocycles. The van der Waals surface area contributed by atoms with Gasteiger partial charge in [-0.25, -0.2) is 0 Å². The molecule has 144 valence electrons. The van der Waals surface area contributed by atoms with Gasteiger partial charge in [-0.2, -0.15) is 5.10 Å². The van der Waals surface area contributed by atoms with Crippen LogP contribution in [-0.4, -0.2) is 83.2 Å². The summed E-state index contributed by atoms with van der Waals surface area (Å²) in [7, 11) is 0. The second kappa shape index (κ2) is 7.66. The van der Waals surface area contributed by atoms with Crippen LogP contribution in [0.5, 0.6) is 0 Å². The Morgan fingerprint density at radius 1 is 1.22 bits per heavy atom. The van der Waals surface area contributed by atoms with Crippen LogP contribution in [-0.2, 0) is 4.79 Å². The number of piperazine rings is 1. The number of nitrogens with zero attached hydrogens (tertiary/aromatic N) is 3. The van der Waals surface area contributed by atoms with Crippen molar-refractivity contribution in [3.05, 3.63) is 30.0 Å². The van der Waals surface area contributed by atoms with Crippen molar-refractivity contribution in [1.29, 1.82) is 0 Å². The predicted octanol–water partition coefficient (Wildman–Crippen LogP) is 0.187. The lowest BCUT2D eigenvalue weighted by Gasteiger charge is -2.32. The third-order valence-corrected chi connectivity index (χ3v) is 5.55. The van der Waals surface area contributed by atoms with E-state index in [1.807, 2.05) is 29.2 Å². The quantitative estimate of drug-likeness (QED) is 0.714. The topological polar surface area (TPSA) is 93.4 Å². The Labute approximate surface area is 158 Å². The van der Waals surface area contributed by atoms with Gasteiger partial charge in [0, 0.05) is 50.7 Å². The van der Waals surface area contributed by atoms with Crippen LogP contribution in [0.4, 0.5) is 0 Å². The average molecular weight is 370 g/mol. The summed E-state index contributed by atoms with van der Waals surface area (Å²) in [6.07, 6.45) is 0.996. The van der Waals surface area contributed by atoms with Crippen LogP contribution in [0.15, 0.2) is 24.3 Å². The summed E-state index contributed by atoms with van der Waals surface area (Å²) in [5, 5.41) is 13.9. The van der Waals surface area contributed by atoms with Crippen LogP contribution in [0.2, 0.25) is 0 Å². The third-order valence-electron chi connectivity index (χ3n) is 5.55. The fourth-order valence-corrected chi connectivity index (χ4v) is 4.02. The number of amides is 2. The number of nitrogens with one attached hydrogen (secondary N) is 3. The Hall–Kier alpha value is -2.45. The van der Waals surface area contributed by atoms with E-state index in [4.69, 9.17) is 0 Å². The Bertz CT molecular complexity index is 828. The maximum atomic E-state index is 12.8. The van der Waals surface area contributed by atoms with Gasteiger partial charge in [-0.3, -0.25) is 19.6 Å². The summed E-state index contributed by atoms with van der Waals surface area (Å²) in [6.45, 7) is 7.32. The fraction of sp³-hybridized carbons (Fsp3) is 0.526. The van der Waals surface area contributed by atoms with Crippen LogP contribution in [0.25, 0.3) is 10.9 Å². The molecule has 3 N–H and O–H groups in total. The normalized spacial score (nSPS) is 22.1. The molecule has 2 aromatic rings. The van der Waals surface area contributed by atoms with Gasteiger partial charge in [0.15, 0.2) is 5.69 Å². The standard InChI is InChI=1S/C19H26N6O2/c1-13(21-18(26)17-15-4-2-3-5-16(15)22-23-17)19(27)25-9-6-14(12-25)24-10-7-20-8-11-24/h2-5,13-14,20H,6-12H2,1H3,(H,21,26)(H,22,23). The van der Waals surface area contributed by atoms with E-state index in [1.54, 1.807) is 6.92 Å². The number of fused-ring (bicyclic) bond motifs is 1. The molecule has 4 rings (SSSR count). The molecule has 8 nitrogen and oxygen atoms in total. The number of aromatic nitrogens is 2. The first kappa shape index (κ1) is 17.9. The molecule has 2 amide bonds. The first-order valence-electron chi connectivity index (χ1n) is 9.61.